The Morgan fingerprint density at radius 3 is 2.38 bits per heavy atom. The Labute approximate surface area is 102 Å². The molecular weight excluding hydrogens is 220 g/mol. The van der Waals surface area contributed by atoms with Crippen LogP contribution >= 0.6 is 11.6 Å². The van der Waals surface area contributed by atoms with Gasteiger partial charge >= 0.3 is 0 Å². The molecule has 1 aromatic carbocycles. The second-order valence-corrected chi connectivity index (χ2v) is 5.44. The van der Waals surface area contributed by atoms with Gasteiger partial charge in [0.25, 0.3) is 0 Å². The fourth-order valence-corrected chi connectivity index (χ4v) is 3.06. The lowest BCUT2D eigenvalue weighted by Gasteiger charge is -2.16. The van der Waals surface area contributed by atoms with E-state index in [0.717, 1.165) is 23.4 Å². The van der Waals surface area contributed by atoms with Crippen LogP contribution in [0.3, 0.4) is 0 Å². The Morgan fingerprint density at radius 2 is 1.75 bits per heavy atom. The van der Waals surface area contributed by atoms with Crippen LogP contribution in [0, 0.1) is 11.8 Å². The summed E-state index contributed by atoms with van der Waals surface area (Å²) in [6, 6.07) is 8.23. The van der Waals surface area contributed by atoms with Gasteiger partial charge in [-0.1, -0.05) is 23.7 Å². The lowest BCUT2D eigenvalue weighted by atomic mass is 10.0. The molecule has 2 nitrogen and oxygen atoms in total. The summed E-state index contributed by atoms with van der Waals surface area (Å²) < 4.78 is 0. The molecule has 2 atom stereocenters. The summed E-state index contributed by atoms with van der Waals surface area (Å²) in [5.41, 5.74) is 1.37. The second kappa shape index (κ2) is 4.36. The molecule has 0 unspecified atom stereocenters. The maximum atomic E-state index is 5.88. The van der Waals surface area contributed by atoms with E-state index in [4.69, 9.17) is 11.6 Å². The van der Waals surface area contributed by atoms with Crippen molar-refractivity contribution in [2.24, 2.45) is 11.8 Å². The zero-order valence-corrected chi connectivity index (χ0v) is 10.1. The van der Waals surface area contributed by atoms with Crippen molar-refractivity contribution in [2.45, 2.75) is 6.54 Å². The van der Waals surface area contributed by atoms with Crippen LogP contribution in [0.1, 0.15) is 5.56 Å². The summed E-state index contributed by atoms with van der Waals surface area (Å²) in [6.45, 7) is 5.99. The van der Waals surface area contributed by atoms with Crippen LogP contribution in [0.2, 0.25) is 5.02 Å². The number of benzene rings is 1. The van der Waals surface area contributed by atoms with E-state index in [0.29, 0.717) is 0 Å². The minimum atomic E-state index is 0.825. The molecule has 3 heteroatoms. The maximum absolute atomic E-state index is 5.88. The average molecular weight is 237 g/mol. The zero-order chi connectivity index (χ0) is 11.0. The van der Waals surface area contributed by atoms with Crippen molar-refractivity contribution in [3.63, 3.8) is 0 Å². The summed E-state index contributed by atoms with van der Waals surface area (Å²) in [5.74, 6) is 1.76. The SMILES string of the molecule is Clc1ccc(CN2C[C@H]3CNC[C@H]3C2)cc1. The number of likely N-dealkylation sites (tertiary alicyclic amines) is 1. The molecule has 0 radical (unpaired) electrons. The fraction of sp³-hybridized carbons (Fsp3) is 0.538. The monoisotopic (exact) mass is 236 g/mol. The standard InChI is InChI=1S/C13H17ClN2/c14-13-3-1-10(2-4-13)7-16-8-11-5-15-6-12(11)9-16/h1-4,11-12,15H,5-9H2/t11-,12+. The molecule has 0 aliphatic carbocycles. The van der Waals surface area contributed by atoms with Gasteiger partial charge in [0.1, 0.15) is 0 Å². The molecule has 0 saturated carbocycles. The Bertz CT molecular complexity index is 351. The number of rotatable bonds is 2. The fourth-order valence-electron chi connectivity index (χ4n) is 2.93. The molecule has 16 heavy (non-hydrogen) atoms. The van der Waals surface area contributed by atoms with Crippen molar-refractivity contribution in [3.05, 3.63) is 34.9 Å². The van der Waals surface area contributed by atoms with Crippen LogP contribution in [-0.4, -0.2) is 31.1 Å². The quantitative estimate of drug-likeness (QED) is 0.845. The normalized spacial score (nSPS) is 29.6. The molecule has 2 aliphatic rings. The van der Waals surface area contributed by atoms with Gasteiger partial charge in [-0.25, -0.2) is 0 Å². The van der Waals surface area contributed by atoms with Crippen LogP contribution in [0.5, 0.6) is 0 Å². The third-order valence-corrected chi connectivity index (χ3v) is 4.04. The van der Waals surface area contributed by atoms with E-state index in [1.807, 2.05) is 12.1 Å². The lowest BCUT2D eigenvalue weighted by Crippen LogP contribution is -2.25. The summed E-state index contributed by atoms with van der Waals surface area (Å²) in [7, 11) is 0. The van der Waals surface area contributed by atoms with Crippen molar-refractivity contribution in [3.8, 4) is 0 Å². The number of hydrogen-bond acceptors (Lipinski definition) is 2. The van der Waals surface area contributed by atoms with Gasteiger partial charge in [0.2, 0.25) is 0 Å². The zero-order valence-electron chi connectivity index (χ0n) is 9.32. The molecule has 0 aromatic heterocycles. The van der Waals surface area contributed by atoms with Gasteiger partial charge < -0.3 is 5.32 Å². The highest BCUT2D eigenvalue weighted by Crippen LogP contribution is 2.27. The molecule has 1 aromatic rings. The molecule has 3 rings (SSSR count). The molecule has 0 spiro atoms. The average Bonchev–Trinajstić information content (AvgIpc) is 2.81. The summed E-state index contributed by atoms with van der Waals surface area (Å²) in [5, 5.41) is 4.30. The molecule has 2 aliphatic heterocycles. The van der Waals surface area contributed by atoms with Crippen LogP contribution in [0.15, 0.2) is 24.3 Å². The first-order valence-corrected chi connectivity index (χ1v) is 6.36. The number of nitrogens with one attached hydrogen (secondary N) is 1. The van der Waals surface area contributed by atoms with Crippen LogP contribution < -0.4 is 5.32 Å². The van der Waals surface area contributed by atoms with E-state index in [-0.39, 0.29) is 0 Å². The molecule has 2 heterocycles. The minimum absolute atomic E-state index is 0.825. The van der Waals surface area contributed by atoms with Crippen LogP contribution in [-0.2, 0) is 6.54 Å². The Morgan fingerprint density at radius 1 is 1.12 bits per heavy atom. The first-order chi connectivity index (χ1) is 7.81. The van der Waals surface area contributed by atoms with E-state index >= 15 is 0 Å². The van der Waals surface area contributed by atoms with E-state index in [1.165, 1.54) is 31.7 Å². The lowest BCUT2D eigenvalue weighted by molar-refractivity contribution is 0.305. The third-order valence-electron chi connectivity index (χ3n) is 3.78. The van der Waals surface area contributed by atoms with Gasteiger partial charge in [0.05, 0.1) is 0 Å². The van der Waals surface area contributed by atoms with Crippen molar-refractivity contribution in [1.29, 1.82) is 0 Å². The summed E-state index contributed by atoms with van der Waals surface area (Å²) in [4.78, 5) is 2.57. The minimum Gasteiger partial charge on any atom is -0.316 e. The predicted octanol–water partition coefficient (Wildman–Crippen LogP) is 1.99. The predicted molar refractivity (Wildman–Crippen MR) is 66.6 cm³/mol. The molecular formula is C13H17ClN2. The highest BCUT2D eigenvalue weighted by Gasteiger charge is 2.35. The molecule has 2 fully saturated rings. The van der Waals surface area contributed by atoms with E-state index in [2.05, 4.69) is 22.3 Å². The van der Waals surface area contributed by atoms with Gasteiger partial charge in [0, 0.05) is 24.7 Å². The Balaban J connectivity index is 1.62. The van der Waals surface area contributed by atoms with Crippen molar-refractivity contribution in [2.75, 3.05) is 26.2 Å². The largest absolute Gasteiger partial charge is 0.316 e. The first kappa shape index (κ1) is 10.6. The van der Waals surface area contributed by atoms with Crippen LogP contribution in [0.4, 0.5) is 0 Å². The van der Waals surface area contributed by atoms with E-state index in [9.17, 15) is 0 Å². The second-order valence-electron chi connectivity index (χ2n) is 5.00. The molecule has 0 bridgehead atoms. The van der Waals surface area contributed by atoms with Crippen LogP contribution in [0.25, 0.3) is 0 Å². The first-order valence-electron chi connectivity index (χ1n) is 5.99. The van der Waals surface area contributed by atoms with Crippen molar-refractivity contribution < 1.29 is 0 Å². The third kappa shape index (κ3) is 2.10. The van der Waals surface area contributed by atoms with Gasteiger partial charge in [-0.3, -0.25) is 4.90 Å². The molecule has 86 valence electrons. The van der Waals surface area contributed by atoms with E-state index in [1.54, 1.807) is 0 Å². The highest BCUT2D eigenvalue weighted by molar-refractivity contribution is 6.30. The molecule has 2 saturated heterocycles. The Hall–Kier alpha value is -0.570. The van der Waals surface area contributed by atoms with Crippen molar-refractivity contribution in [1.82, 2.24) is 10.2 Å². The number of halogens is 1. The smallest absolute Gasteiger partial charge is 0.0406 e. The topological polar surface area (TPSA) is 15.3 Å². The van der Waals surface area contributed by atoms with Gasteiger partial charge in [-0.2, -0.15) is 0 Å². The summed E-state index contributed by atoms with van der Waals surface area (Å²) in [6.07, 6.45) is 0. The van der Waals surface area contributed by atoms with E-state index < -0.39 is 0 Å². The number of nitrogens with zero attached hydrogens (tertiary/aromatic N) is 1. The van der Waals surface area contributed by atoms with Crippen molar-refractivity contribution >= 4 is 11.6 Å². The van der Waals surface area contributed by atoms with Gasteiger partial charge in [0.15, 0.2) is 0 Å². The highest BCUT2D eigenvalue weighted by atomic mass is 35.5. The van der Waals surface area contributed by atoms with Gasteiger partial charge in [-0.05, 0) is 42.6 Å². The number of hydrogen-bond donors (Lipinski definition) is 1. The maximum Gasteiger partial charge on any atom is 0.0406 e. The Kier molecular flexibility index (Phi) is 2.88. The molecule has 0 amide bonds. The molecule has 1 N–H and O–H groups in total. The van der Waals surface area contributed by atoms with Gasteiger partial charge in [-0.15, -0.1) is 0 Å². The number of fused-ring (bicyclic) bond motifs is 1. The summed E-state index contributed by atoms with van der Waals surface area (Å²) >= 11 is 5.88.